The first-order valence-corrected chi connectivity index (χ1v) is 11.3. The summed E-state index contributed by atoms with van der Waals surface area (Å²) in [6.45, 7) is 4.29. The number of fused-ring (bicyclic) bond motifs is 2. The van der Waals surface area contributed by atoms with E-state index in [-0.39, 0.29) is 11.7 Å². The third-order valence-electron chi connectivity index (χ3n) is 4.90. The molecule has 154 valence electrons. The molecule has 3 aromatic carbocycles. The molecule has 7 heteroatoms. The first-order chi connectivity index (χ1) is 14.4. The summed E-state index contributed by atoms with van der Waals surface area (Å²) >= 11 is 0. The fourth-order valence-electron chi connectivity index (χ4n) is 3.42. The number of anilines is 2. The molecule has 4 rings (SSSR count). The van der Waals surface area contributed by atoms with Gasteiger partial charge < -0.3 is 9.64 Å². The standard InChI is InChI=1S/C23H22N2O4S/c1-3-25-20-6-4-5-7-22(20)29-21-13-12-18(14-19(21)23(25)26)24-30(27,28)15-17-10-8-16(2)9-11-17/h4-14,24H,3,15H2,1-2H3. The zero-order chi connectivity index (χ0) is 21.3. The molecule has 1 N–H and O–H groups in total. The largest absolute Gasteiger partial charge is 0.454 e. The minimum absolute atomic E-state index is 0.151. The van der Waals surface area contributed by atoms with E-state index in [9.17, 15) is 13.2 Å². The number of amides is 1. The maximum absolute atomic E-state index is 13.1. The summed E-state index contributed by atoms with van der Waals surface area (Å²) in [5, 5.41) is 0. The van der Waals surface area contributed by atoms with E-state index in [1.54, 1.807) is 35.2 Å². The van der Waals surface area contributed by atoms with E-state index in [4.69, 9.17) is 4.74 Å². The third-order valence-corrected chi connectivity index (χ3v) is 6.16. The molecule has 6 nitrogen and oxygen atoms in total. The Labute approximate surface area is 176 Å². The average molecular weight is 423 g/mol. The van der Waals surface area contributed by atoms with Crippen LogP contribution in [0.15, 0.2) is 66.7 Å². The highest BCUT2D eigenvalue weighted by Gasteiger charge is 2.27. The van der Waals surface area contributed by atoms with E-state index < -0.39 is 10.0 Å². The second-order valence-electron chi connectivity index (χ2n) is 7.18. The minimum Gasteiger partial charge on any atom is -0.454 e. The van der Waals surface area contributed by atoms with Gasteiger partial charge in [0.2, 0.25) is 10.0 Å². The fraction of sp³-hybridized carbons (Fsp3) is 0.174. The number of rotatable bonds is 5. The number of carbonyl (C=O) groups is 1. The Morgan fingerprint density at radius 3 is 2.43 bits per heavy atom. The predicted octanol–water partition coefficient (Wildman–Crippen LogP) is 4.71. The number of benzene rings is 3. The van der Waals surface area contributed by atoms with Crippen LogP contribution in [0.4, 0.5) is 11.4 Å². The van der Waals surface area contributed by atoms with Gasteiger partial charge in [0.1, 0.15) is 5.75 Å². The van der Waals surface area contributed by atoms with E-state index >= 15 is 0 Å². The van der Waals surface area contributed by atoms with E-state index in [0.29, 0.717) is 40.5 Å². The van der Waals surface area contributed by atoms with Crippen LogP contribution >= 0.6 is 0 Å². The summed E-state index contributed by atoms with van der Waals surface area (Å²) in [7, 11) is -3.64. The minimum atomic E-state index is -3.64. The highest BCUT2D eigenvalue weighted by atomic mass is 32.2. The van der Waals surface area contributed by atoms with Gasteiger partial charge in [0.15, 0.2) is 5.75 Å². The molecule has 1 amide bonds. The maximum Gasteiger partial charge on any atom is 0.262 e. The maximum atomic E-state index is 13.1. The molecule has 30 heavy (non-hydrogen) atoms. The molecule has 3 aromatic rings. The molecular weight excluding hydrogens is 400 g/mol. The number of nitrogens with zero attached hydrogens (tertiary/aromatic N) is 1. The Hall–Kier alpha value is -3.32. The number of sulfonamides is 1. The van der Waals surface area contributed by atoms with Crippen LogP contribution in [0.1, 0.15) is 28.4 Å². The number of para-hydroxylation sites is 2. The number of carbonyl (C=O) groups excluding carboxylic acids is 1. The van der Waals surface area contributed by atoms with Crippen molar-refractivity contribution in [2.75, 3.05) is 16.2 Å². The van der Waals surface area contributed by atoms with Crippen LogP contribution in [0.25, 0.3) is 0 Å². The number of hydrogen-bond donors (Lipinski definition) is 1. The van der Waals surface area contributed by atoms with Gasteiger partial charge in [0.05, 0.1) is 17.0 Å². The smallest absolute Gasteiger partial charge is 0.262 e. The Bertz CT molecular complexity index is 1200. The van der Waals surface area contributed by atoms with Crippen molar-refractivity contribution in [3.63, 3.8) is 0 Å². The molecule has 0 bridgehead atoms. The van der Waals surface area contributed by atoms with Gasteiger partial charge in [-0.3, -0.25) is 9.52 Å². The number of nitrogens with one attached hydrogen (secondary N) is 1. The summed E-state index contributed by atoms with van der Waals surface area (Å²) < 4.78 is 33.8. The van der Waals surface area contributed by atoms with Crippen molar-refractivity contribution in [1.29, 1.82) is 0 Å². The number of aryl methyl sites for hydroxylation is 1. The normalized spacial score (nSPS) is 13.1. The molecular formula is C23H22N2O4S. The van der Waals surface area contributed by atoms with Gasteiger partial charge in [-0.05, 0) is 49.7 Å². The topological polar surface area (TPSA) is 75.7 Å². The Kier molecular flexibility index (Phi) is 5.22. The Morgan fingerprint density at radius 1 is 0.967 bits per heavy atom. The molecule has 0 aromatic heterocycles. The zero-order valence-electron chi connectivity index (χ0n) is 16.8. The highest BCUT2D eigenvalue weighted by Crippen LogP contribution is 2.39. The summed E-state index contributed by atoms with van der Waals surface area (Å²) in [5.74, 6) is 0.586. The van der Waals surface area contributed by atoms with Crippen molar-refractivity contribution in [2.24, 2.45) is 0 Å². The highest BCUT2D eigenvalue weighted by molar-refractivity contribution is 7.91. The first kappa shape index (κ1) is 20.0. The summed E-state index contributed by atoms with van der Waals surface area (Å²) in [5.41, 5.74) is 3.07. The van der Waals surface area contributed by atoms with Crippen molar-refractivity contribution in [3.8, 4) is 11.5 Å². The van der Waals surface area contributed by atoms with Gasteiger partial charge in [-0.2, -0.15) is 0 Å². The fourth-order valence-corrected chi connectivity index (χ4v) is 4.61. The molecule has 1 heterocycles. The second kappa shape index (κ2) is 7.84. The van der Waals surface area contributed by atoms with Crippen molar-refractivity contribution < 1.29 is 17.9 Å². The zero-order valence-corrected chi connectivity index (χ0v) is 17.6. The summed E-state index contributed by atoms with van der Waals surface area (Å²) in [6.07, 6.45) is 0. The van der Waals surface area contributed by atoms with Crippen molar-refractivity contribution in [1.82, 2.24) is 0 Å². The molecule has 0 unspecified atom stereocenters. The summed E-state index contributed by atoms with van der Waals surface area (Å²) in [6, 6.07) is 19.4. The quantitative estimate of drug-likeness (QED) is 0.646. The van der Waals surface area contributed by atoms with E-state index in [1.807, 2.05) is 44.2 Å². The third kappa shape index (κ3) is 4.02. The second-order valence-corrected chi connectivity index (χ2v) is 8.90. The van der Waals surface area contributed by atoms with Crippen LogP contribution in [0.3, 0.4) is 0 Å². The molecule has 0 radical (unpaired) electrons. The van der Waals surface area contributed by atoms with Crippen LogP contribution in [0, 0.1) is 6.92 Å². The van der Waals surface area contributed by atoms with Gasteiger partial charge >= 0.3 is 0 Å². The van der Waals surface area contributed by atoms with Crippen LogP contribution in [-0.2, 0) is 15.8 Å². The number of hydrogen-bond acceptors (Lipinski definition) is 4. The van der Waals surface area contributed by atoms with Gasteiger partial charge in [-0.15, -0.1) is 0 Å². The molecule has 0 atom stereocenters. The predicted molar refractivity (Wildman–Crippen MR) is 118 cm³/mol. The van der Waals surface area contributed by atoms with Gasteiger partial charge in [-0.1, -0.05) is 42.0 Å². The molecule has 0 saturated carbocycles. The van der Waals surface area contributed by atoms with E-state index in [2.05, 4.69) is 4.72 Å². The van der Waals surface area contributed by atoms with E-state index in [0.717, 1.165) is 5.56 Å². The van der Waals surface area contributed by atoms with Gasteiger partial charge in [0, 0.05) is 12.2 Å². The molecule has 0 spiro atoms. The lowest BCUT2D eigenvalue weighted by Crippen LogP contribution is -2.29. The average Bonchev–Trinajstić information content (AvgIpc) is 2.83. The van der Waals surface area contributed by atoms with Gasteiger partial charge in [-0.25, -0.2) is 8.42 Å². The van der Waals surface area contributed by atoms with Crippen molar-refractivity contribution >= 4 is 27.3 Å². The monoisotopic (exact) mass is 422 g/mol. The number of ether oxygens (including phenoxy) is 1. The molecule has 0 aliphatic carbocycles. The van der Waals surface area contributed by atoms with Crippen LogP contribution in [0.5, 0.6) is 11.5 Å². The lowest BCUT2D eigenvalue weighted by molar-refractivity contribution is 0.0988. The summed E-state index contributed by atoms with van der Waals surface area (Å²) in [4.78, 5) is 14.8. The Morgan fingerprint density at radius 2 is 1.70 bits per heavy atom. The molecule has 1 aliphatic rings. The SMILES string of the molecule is CCN1C(=O)c2cc(NS(=O)(=O)Cc3ccc(C)cc3)ccc2Oc2ccccc21. The molecule has 1 aliphatic heterocycles. The lowest BCUT2D eigenvalue weighted by atomic mass is 10.1. The van der Waals surface area contributed by atoms with Crippen LogP contribution < -0.4 is 14.4 Å². The van der Waals surface area contributed by atoms with Crippen molar-refractivity contribution in [3.05, 3.63) is 83.4 Å². The van der Waals surface area contributed by atoms with Crippen LogP contribution in [0.2, 0.25) is 0 Å². The molecule has 0 fully saturated rings. The van der Waals surface area contributed by atoms with Crippen molar-refractivity contribution in [2.45, 2.75) is 19.6 Å². The van der Waals surface area contributed by atoms with Crippen LogP contribution in [-0.4, -0.2) is 20.9 Å². The van der Waals surface area contributed by atoms with Gasteiger partial charge in [0.25, 0.3) is 5.91 Å². The van der Waals surface area contributed by atoms with E-state index in [1.165, 1.54) is 6.07 Å². The Balaban J connectivity index is 1.63. The lowest BCUT2D eigenvalue weighted by Gasteiger charge is -2.20. The first-order valence-electron chi connectivity index (χ1n) is 9.65. The molecule has 0 saturated heterocycles.